The number of nitrogens with one attached hydrogen (secondary N) is 1. The molecular formula is C5H10ClF3NO2P. The number of alkyl halides is 3. The van der Waals surface area contributed by atoms with E-state index in [1.54, 1.807) is 0 Å². The molecule has 1 heterocycles. The fraction of sp³-hybridized carbons (Fsp3) is 1.00. The van der Waals surface area contributed by atoms with Crippen LogP contribution in [0.5, 0.6) is 0 Å². The Bertz CT molecular complexity index is 226. The van der Waals surface area contributed by atoms with Gasteiger partial charge in [0, 0.05) is 0 Å². The van der Waals surface area contributed by atoms with Gasteiger partial charge in [-0.25, -0.2) is 0 Å². The number of rotatable bonds is 0. The second-order valence-electron chi connectivity index (χ2n) is 3.42. The van der Waals surface area contributed by atoms with Crippen molar-refractivity contribution in [3.05, 3.63) is 0 Å². The van der Waals surface area contributed by atoms with Crippen LogP contribution in [0.25, 0.3) is 0 Å². The third-order valence-electron chi connectivity index (χ3n) is 1.95. The molecule has 0 radical (unpaired) electrons. The van der Waals surface area contributed by atoms with Crippen LogP contribution in [0.4, 0.5) is 13.2 Å². The van der Waals surface area contributed by atoms with Gasteiger partial charge < -0.3 is 0 Å². The van der Waals surface area contributed by atoms with Crippen molar-refractivity contribution >= 4 is 18.5 Å². The van der Waals surface area contributed by atoms with Crippen LogP contribution in [0, 0.1) is 5.41 Å². The molecule has 3 nitrogen and oxygen atoms in total. The average molecular weight is 240 g/mol. The van der Waals surface area contributed by atoms with Gasteiger partial charge in [-0.15, -0.1) is 0 Å². The van der Waals surface area contributed by atoms with Crippen LogP contribution in [0.15, 0.2) is 0 Å². The molecule has 80 valence electrons. The number of hydrogen-bond donors (Lipinski definition) is 2. The molecule has 8 heteroatoms. The van der Waals surface area contributed by atoms with E-state index in [2.05, 4.69) is 4.52 Å². The van der Waals surface area contributed by atoms with Crippen LogP contribution >= 0.6 is 18.5 Å². The second kappa shape index (κ2) is 2.94. The number of halogens is 4. The molecule has 1 fully saturated rings. The van der Waals surface area contributed by atoms with Crippen LogP contribution in [0.2, 0.25) is 0 Å². The van der Waals surface area contributed by atoms with Gasteiger partial charge in [0.2, 0.25) is 0 Å². The van der Waals surface area contributed by atoms with Crippen molar-refractivity contribution in [2.75, 3.05) is 0 Å². The maximum atomic E-state index is 13.1. The van der Waals surface area contributed by atoms with Crippen molar-refractivity contribution < 1.29 is 22.6 Å². The molecular weight excluding hydrogens is 229 g/mol. The molecule has 2 N–H and O–H groups in total. The summed E-state index contributed by atoms with van der Waals surface area (Å²) in [7, 11) is -4.28. The van der Waals surface area contributed by atoms with Crippen molar-refractivity contribution in [2.45, 2.75) is 26.3 Å². The Morgan fingerprint density at radius 3 is 2.38 bits per heavy atom. The third kappa shape index (κ3) is 1.92. The van der Waals surface area contributed by atoms with E-state index in [0.29, 0.717) is 0 Å². The zero-order chi connectivity index (χ0) is 10.5. The molecule has 0 saturated carbocycles. The minimum absolute atomic E-state index is 0.977. The normalized spacial score (nSPS) is 38.2. The van der Waals surface area contributed by atoms with Crippen LogP contribution in [0.3, 0.4) is 0 Å². The summed E-state index contributed by atoms with van der Waals surface area (Å²) in [4.78, 5) is 8.96. The van der Waals surface area contributed by atoms with Gasteiger partial charge in [-0.2, -0.15) is 0 Å². The Morgan fingerprint density at radius 2 is 2.00 bits per heavy atom. The first-order valence-corrected chi connectivity index (χ1v) is 6.35. The topological polar surface area (TPSA) is 41.5 Å². The maximum absolute atomic E-state index is 13.1. The SMILES string of the molecule is CC1(C)C(F)O[PH](O)(Cl)NC1(F)F. The minimum atomic E-state index is -4.28. The molecule has 1 atom stereocenters. The van der Waals surface area contributed by atoms with Gasteiger partial charge >= 0.3 is 77.8 Å². The summed E-state index contributed by atoms with van der Waals surface area (Å²) in [6.07, 6.45) is -2.29. The van der Waals surface area contributed by atoms with E-state index in [-0.39, 0.29) is 0 Å². The van der Waals surface area contributed by atoms with Crippen LogP contribution in [0.1, 0.15) is 13.8 Å². The van der Waals surface area contributed by atoms with Gasteiger partial charge in [0.25, 0.3) is 0 Å². The third-order valence-corrected chi connectivity index (χ3v) is 3.64. The van der Waals surface area contributed by atoms with Gasteiger partial charge in [0.05, 0.1) is 0 Å². The fourth-order valence-electron chi connectivity index (χ4n) is 0.811. The fourth-order valence-corrected chi connectivity index (χ4v) is 2.74. The molecule has 13 heavy (non-hydrogen) atoms. The van der Waals surface area contributed by atoms with E-state index < -0.39 is 25.0 Å². The molecule has 0 aromatic rings. The molecule has 0 spiro atoms. The van der Waals surface area contributed by atoms with E-state index in [0.717, 1.165) is 13.8 Å². The molecule has 0 bridgehead atoms. The second-order valence-corrected chi connectivity index (χ2v) is 6.56. The molecule has 1 saturated heterocycles. The van der Waals surface area contributed by atoms with E-state index in [1.165, 1.54) is 5.09 Å². The van der Waals surface area contributed by atoms with E-state index in [1.807, 2.05) is 0 Å². The Balaban J connectivity index is 2.96. The van der Waals surface area contributed by atoms with Crippen molar-refractivity contribution in [1.29, 1.82) is 0 Å². The van der Waals surface area contributed by atoms with Gasteiger partial charge in [-0.05, 0) is 0 Å². The average Bonchev–Trinajstić information content (AvgIpc) is 1.80. The molecule has 0 aromatic carbocycles. The summed E-state index contributed by atoms with van der Waals surface area (Å²) in [5.41, 5.74) is -2.05. The Kier molecular flexibility index (Phi) is 2.59. The van der Waals surface area contributed by atoms with Crippen LogP contribution in [-0.2, 0) is 4.52 Å². The predicted octanol–water partition coefficient (Wildman–Crippen LogP) is 2.16. The number of hydrogen-bond acceptors (Lipinski definition) is 3. The summed E-state index contributed by atoms with van der Waals surface area (Å²) >= 11 is 5.12. The molecule has 1 rings (SSSR count). The molecule has 0 aliphatic carbocycles. The summed E-state index contributed by atoms with van der Waals surface area (Å²) in [5, 5.41) is 1.42. The Hall–Kier alpha value is 0.390. The van der Waals surface area contributed by atoms with E-state index >= 15 is 0 Å². The molecule has 0 aromatic heterocycles. The molecule has 1 aliphatic heterocycles. The van der Waals surface area contributed by atoms with E-state index in [4.69, 9.17) is 16.1 Å². The summed E-state index contributed by atoms with van der Waals surface area (Å²) in [5.74, 6) is 0. The quantitative estimate of drug-likeness (QED) is 0.503. The van der Waals surface area contributed by atoms with Gasteiger partial charge in [0.15, 0.2) is 0 Å². The first-order chi connectivity index (χ1) is 5.58. The van der Waals surface area contributed by atoms with Crippen molar-refractivity contribution in [1.82, 2.24) is 5.09 Å². The zero-order valence-electron chi connectivity index (χ0n) is 6.94. The predicted molar refractivity (Wildman–Crippen MR) is 44.2 cm³/mol. The van der Waals surface area contributed by atoms with Gasteiger partial charge in [-0.3, -0.25) is 0 Å². The van der Waals surface area contributed by atoms with Crippen LogP contribution < -0.4 is 5.09 Å². The standard InChI is InChI=1S/C5H10ClF3NO2P/c1-4(2)3(7)12-13(6,11)10-5(4,8)9/h3,10-11,13H,1-2H3. The molecule has 1 unspecified atom stereocenters. The first kappa shape index (κ1) is 11.5. The van der Waals surface area contributed by atoms with Crippen LogP contribution in [-0.4, -0.2) is 17.3 Å². The molecule has 1 aliphatic rings. The van der Waals surface area contributed by atoms with Crippen molar-refractivity contribution in [2.24, 2.45) is 5.41 Å². The van der Waals surface area contributed by atoms with Crippen molar-refractivity contribution in [3.8, 4) is 0 Å². The Morgan fingerprint density at radius 1 is 1.54 bits per heavy atom. The van der Waals surface area contributed by atoms with E-state index in [9.17, 15) is 13.2 Å². The summed E-state index contributed by atoms with van der Waals surface area (Å²) < 4.78 is 43.4. The summed E-state index contributed by atoms with van der Waals surface area (Å²) in [6, 6.07) is -3.59. The van der Waals surface area contributed by atoms with Gasteiger partial charge in [0.1, 0.15) is 0 Å². The summed E-state index contributed by atoms with van der Waals surface area (Å²) in [6.45, 7) is 1.95. The van der Waals surface area contributed by atoms with Gasteiger partial charge in [-0.1, -0.05) is 0 Å². The Labute approximate surface area is 78.6 Å². The zero-order valence-corrected chi connectivity index (χ0v) is 8.70. The first-order valence-electron chi connectivity index (χ1n) is 3.49. The monoisotopic (exact) mass is 239 g/mol. The van der Waals surface area contributed by atoms with Crippen molar-refractivity contribution in [3.63, 3.8) is 0 Å². The molecule has 0 amide bonds.